The van der Waals surface area contributed by atoms with E-state index >= 15 is 0 Å². The maximum absolute atomic E-state index is 10.7. The second-order valence-corrected chi connectivity index (χ2v) is 7.58. The molecule has 4 rings (SSSR count). The third-order valence-electron chi connectivity index (χ3n) is 6.68. The van der Waals surface area contributed by atoms with Gasteiger partial charge in [-0.25, -0.2) is 0 Å². The molecule has 3 aliphatic rings. The molecule has 114 valence electrons. The van der Waals surface area contributed by atoms with Gasteiger partial charge in [0.25, 0.3) is 0 Å². The van der Waals surface area contributed by atoms with E-state index in [1.54, 1.807) is 6.07 Å². The summed E-state index contributed by atoms with van der Waals surface area (Å²) in [4.78, 5) is 0. The number of phenolic OH excluding ortho intramolecular Hbond substituents is 1. The van der Waals surface area contributed by atoms with Crippen molar-refractivity contribution in [1.29, 1.82) is 0 Å². The van der Waals surface area contributed by atoms with Crippen LogP contribution in [0.4, 0.5) is 0 Å². The number of phenols is 1. The molecule has 0 radical (unpaired) electrons. The Morgan fingerprint density at radius 2 is 1.95 bits per heavy atom. The fourth-order valence-electron chi connectivity index (χ4n) is 5.56. The number of hydrogen-bond acceptors (Lipinski definition) is 3. The maximum atomic E-state index is 10.7. The molecule has 6 atom stereocenters. The zero-order chi connectivity index (χ0) is 14.8. The van der Waals surface area contributed by atoms with Gasteiger partial charge in [0.2, 0.25) is 0 Å². The SMILES string of the molecule is C[C@]12CC[C@@H]3c4ccc(O)cc4C[C@H](O)[C@H]3[C@@H]1CC[C@@H]2O. The van der Waals surface area contributed by atoms with Gasteiger partial charge in [0.05, 0.1) is 12.2 Å². The summed E-state index contributed by atoms with van der Waals surface area (Å²) >= 11 is 0. The van der Waals surface area contributed by atoms with Crippen LogP contribution in [0.5, 0.6) is 5.75 Å². The summed E-state index contributed by atoms with van der Waals surface area (Å²) in [7, 11) is 0. The van der Waals surface area contributed by atoms with Gasteiger partial charge in [-0.2, -0.15) is 0 Å². The molecule has 2 saturated carbocycles. The monoisotopic (exact) mass is 288 g/mol. The summed E-state index contributed by atoms with van der Waals surface area (Å²) in [5.41, 5.74) is 2.40. The minimum atomic E-state index is -0.348. The van der Waals surface area contributed by atoms with E-state index < -0.39 is 0 Å². The molecule has 0 unspecified atom stereocenters. The zero-order valence-electron chi connectivity index (χ0n) is 12.5. The summed E-state index contributed by atoms with van der Waals surface area (Å²) in [6.45, 7) is 2.21. The van der Waals surface area contributed by atoms with Crippen molar-refractivity contribution in [1.82, 2.24) is 0 Å². The first-order valence-electron chi connectivity index (χ1n) is 8.18. The van der Waals surface area contributed by atoms with Crippen molar-refractivity contribution in [2.45, 2.75) is 57.2 Å². The highest BCUT2D eigenvalue weighted by molar-refractivity contribution is 5.41. The standard InChI is InChI=1S/C18H24O3/c1-18-7-6-13-12-3-2-11(19)8-10(12)9-15(20)17(13)14(18)4-5-16(18)21/h2-3,8,13-17,19-21H,4-7,9H2,1H3/t13-,14+,15+,16+,17-,18+/m1/s1. The first-order valence-corrected chi connectivity index (χ1v) is 8.18. The number of aliphatic hydroxyl groups is 2. The van der Waals surface area contributed by atoms with Crippen LogP contribution in [0, 0.1) is 17.3 Å². The molecule has 0 saturated heterocycles. The smallest absolute Gasteiger partial charge is 0.115 e. The largest absolute Gasteiger partial charge is 0.508 e. The first kappa shape index (κ1) is 13.6. The first-order chi connectivity index (χ1) is 10.0. The average molecular weight is 288 g/mol. The lowest BCUT2D eigenvalue weighted by molar-refractivity contribution is -0.0627. The molecule has 0 bridgehead atoms. The van der Waals surface area contributed by atoms with Gasteiger partial charge in [0.1, 0.15) is 5.75 Å². The molecule has 0 aliphatic heterocycles. The van der Waals surface area contributed by atoms with Crippen LogP contribution in [-0.2, 0) is 6.42 Å². The third kappa shape index (κ3) is 1.80. The molecule has 1 aromatic carbocycles. The third-order valence-corrected chi connectivity index (χ3v) is 6.68. The molecule has 0 spiro atoms. The Morgan fingerprint density at radius 3 is 2.76 bits per heavy atom. The van der Waals surface area contributed by atoms with E-state index in [9.17, 15) is 15.3 Å². The fraction of sp³-hybridized carbons (Fsp3) is 0.667. The Kier molecular flexibility index (Phi) is 2.89. The van der Waals surface area contributed by atoms with Crippen molar-refractivity contribution in [3.63, 3.8) is 0 Å². The van der Waals surface area contributed by atoms with Gasteiger partial charge >= 0.3 is 0 Å². The van der Waals surface area contributed by atoms with Crippen LogP contribution >= 0.6 is 0 Å². The fourth-order valence-corrected chi connectivity index (χ4v) is 5.56. The second-order valence-electron chi connectivity index (χ2n) is 7.58. The van der Waals surface area contributed by atoms with Crippen LogP contribution in [0.3, 0.4) is 0 Å². The summed E-state index contributed by atoms with van der Waals surface area (Å²) < 4.78 is 0. The summed E-state index contributed by atoms with van der Waals surface area (Å²) in [6.07, 6.45) is 4.05. The lowest BCUT2D eigenvalue weighted by atomic mass is 9.54. The van der Waals surface area contributed by atoms with Crippen LogP contribution in [0.15, 0.2) is 18.2 Å². The van der Waals surface area contributed by atoms with Gasteiger partial charge in [-0.1, -0.05) is 13.0 Å². The minimum absolute atomic E-state index is 0.0173. The molecule has 3 nitrogen and oxygen atoms in total. The molecule has 0 heterocycles. The number of aliphatic hydroxyl groups excluding tert-OH is 2. The summed E-state index contributed by atoms with van der Waals surface area (Å²) in [5.74, 6) is 1.35. The highest BCUT2D eigenvalue weighted by atomic mass is 16.3. The predicted molar refractivity (Wildman–Crippen MR) is 80.1 cm³/mol. The van der Waals surface area contributed by atoms with E-state index in [4.69, 9.17) is 0 Å². The van der Waals surface area contributed by atoms with Crippen molar-refractivity contribution in [3.05, 3.63) is 29.3 Å². The Hall–Kier alpha value is -1.06. The van der Waals surface area contributed by atoms with Gasteiger partial charge < -0.3 is 15.3 Å². The van der Waals surface area contributed by atoms with Crippen molar-refractivity contribution < 1.29 is 15.3 Å². The van der Waals surface area contributed by atoms with Crippen LogP contribution < -0.4 is 0 Å². The molecule has 3 N–H and O–H groups in total. The molecule has 0 aromatic heterocycles. The summed E-state index contributed by atoms with van der Waals surface area (Å²) in [5, 5.41) is 30.8. The summed E-state index contributed by atoms with van der Waals surface area (Å²) in [6, 6.07) is 5.62. The van der Waals surface area contributed by atoms with Crippen molar-refractivity contribution in [2.24, 2.45) is 17.3 Å². The van der Waals surface area contributed by atoms with Gasteiger partial charge in [-0.05, 0) is 78.5 Å². The van der Waals surface area contributed by atoms with Crippen LogP contribution in [0.25, 0.3) is 0 Å². The zero-order valence-corrected chi connectivity index (χ0v) is 12.5. The molecule has 1 aromatic rings. The maximum Gasteiger partial charge on any atom is 0.115 e. The molecule has 21 heavy (non-hydrogen) atoms. The van der Waals surface area contributed by atoms with Crippen LogP contribution in [0.1, 0.15) is 49.7 Å². The predicted octanol–water partition coefficient (Wildman–Crippen LogP) is 2.58. The molecule has 2 fully saturated rings. The Morgan fingerprint density at radius 1 is 1.14 bits per heavy atom. The molecule has 3 heteroatoms. The van der Waals surface area contributed by atoms with Gasteiger partial charge in [0.15, 0.2) is 0 Å². The molecule has 3 aliphatic carbocycles. The highest BCUT2D eigenvalue weighted by Crippen LogP contribution is 2.60. The van der Waals surface area contributed by atoms with Gasteiger partial charge in [0, 0.05) is 0 Å². The number of fused-ring (bicyclic) bond motifs is 5. The Balaban J connectivity index is 1.76. The second kappa shape index (κ2) is 4.47. The van der Waals surface area contributed by atoms with E-state index in [2.05, 4.69) is 6.92 Å². The number of hydrogen-bond donors (Lipinski definition) is 3. The van der Waals surface area contributed by atoms with Crippen molar-refractivity contribution in [3.8, 4) is 5.75 Å². The average Bonchev–Trinajstić information content (AvgIpc) is 2.74. The highest BCUT2D eigenvalue weighted by Gasteiger charge is 2.56. The lowest BCUT2D eigenvalue weighted by Gasteiger charge is -2.51. The van der Waals surface area contributed by atoms with E-state index in [1.807, 2.05) is 12.1 Å². The van der Waals surface area contributed by atoms with Crippen LogP contribution in [0.2, 0.25) is 0 Å². The van der Waals surface area contributed by atoms with E-state index in [0.29, 0.717) is 18.3 Å². The Bertz CT molecular complexity index is 570. The normalized spacial score (nSPS) is 44.8. The van der Waals surface area contributed by atoms with Gasteiger partial charge in [-0.15, -0.1) is 0 Å². The minimum Gasteiger partial charge on any atom is -0.508 e. The van der Waals surface area contributed by atoms with E-state index in [1.165, 1.54) is 5.56 Å². The van der Waals surface area contributed by atoms with Gasteiger partial charge in [-0.3, -0.25) is 0 Å². The number of rotatable bonds is 0. The number of benzene rings is 1. The van der Waals surface area contributed by atoms with Crippen molar-refractivity contribution in [2.75, 3.05) is 0 Å². The quantitative estimate of drug-likeness (QED) is 0.687. The van der Waals surface area contributed by atoms with E-state index in [0.717, 1.165) is 31.2 Å². The van der Waals surface area contributed by atoms with Crippen LogP contribution in [-0.4, -0.2) is 27.5 Å². The molecular formula is C18H24O3. The lowest BCUT2D eigenvalue weighted by Crippen LogP contribution is -2.49. The van der Waals surface area contributed by atoms with Crippen molar-refractivity contribution >= 4 is 0 Å². The number of aromatic hydroxyl groups is 1. The Labute approximate surface area is 125 Å². The molecular weight excluding hydrogens is 264 g/mol. The van der Waals surface area contributed by atoms with E-state index in [-0.39, 0.29) is 29.3 Å². The topological polar surface area (TPSA) is 60.7 Å². The molecule has 0 amide bonds.